The number of hydrogen-bond acceptors (Lipinski definition) is 4. The molecule has 0 aromatic heterocycles. The molecule has 2 aromatic rings. The highest BCUT2D eigenvalue weighted by Gasteiger charge is 2.47. The number of ether oxygens (including phenoxy) is 3. The van der Waals surface area contributed by atoms with E-state index in [1.807, 2.05) is 6.92 Å². The number of unbranched alkanes of at least 4 members (excludes halogenated alkanes) is 1. The standard InChI is InChI=1S/C32H35F9O4/c1-2-3-4-19-5-15-26(27(33)17-19)32(40,41)45-23-12-8-21(9-13-23)31(38,39)44-22-10-6-20(7-11-22)29(42)43-24-14-16-25(28(34)18-24)30(35,36)37/h5,14-18,20-23H,2-4,6-13H2,1H3. The summed E-state index contributed by atoms with van der Waals surface area (Å²) in [6.45, 7) is 1.96. The van der Waals surface area contributed by atoms with E-state index in [1.54, 1.807) is 0 Å². The molecule has 0 bridgehead atoms. The lowest BCUT2D eigenvalue weighted by atomic mass is 9.85. The second kappa shape index (κ2) is 14.3. The molecular weight excluding hydrogens is 619 g/mol. The highest BCUT2D eigenvalue weighted by Crippen LogP contribution is 2.43. The van der Waals surface area contributed by atoms with E-state index >= 15 is 8.78 Å². The highest BCUT2D eigenvalue weighted by molar-refractivity contribution is 5.75. The van der Waals surface area contributed by atoms with E-state index < -0.39 is 76.9 Å². The van der Waals surface area contributed by atoms with E-state index in [-0.39, 0.29) is 51.4 Å². The third-order valence-electron chi connectivity index (χ3n) is 8.43. The minimum absolute atomic E-state index is 0.0736. The molecule has 0 radical (unpaired) electrons. The molecule has 0 amide bonds. The quantitative estimate of drug-likeness (QED) is 0.138. The zero-order chi connectivity index (χ0) is 33.0. The lowest BCUT2D eigenvalue weighted by molar-refractivity contribution is -0.311. The van der Waals surface area contributed by atoms with Crippen molar-refractivity contribution < 1.29 is 58.5 Å². The van der Waals surface area contributed by atoms with Crippen LogP contribution in [0.2, 0.25) is 0 Å². The first-order valence-electron chi connectivity index (χ1n) is 15.1. The number of carbonyl (C=O) groups excluding carboxylic acids is 1. The Kier molecular flexibility index (Phi) is 11.2. The van der Waals surface area contributed by atoms with Crippen LogP contribution >= 0.6 is 0 Å². The van der Waals surface area contributed by atoms with Crippen molar-refractivity contribution in [2.45, 2.75) is 108 Å². The van der Waals surface area contributed by atoms with Crippen LogP contribution in [0.1, 0.15) is 87.8 Å². The lowest BCUT2D eigenvalue weighted by Gasteiger charge is -2.37. The van der Waals surface area contributed by atoms with Crippen LogP contribution in [-0.4, -0.2) is 24.3 Å². The van der Waals surface area contributed by atoms with Gasteiger partial charge in [0.1, 0.15) is 17.4 Å². The largest absolute Gasteiger partial charge is 0.426 e. The molecule has 2 aliphatic carbocycles. The number of benzene rings is 2. The molecule has 0 atom stereocenters. The van der Waals surface area contributed by atoms with Crippen molar-refractivity contribution in [3.8, 4) is 5.75 Å². The van der Waals surface area contributed by atoms with Crippen molar-refractivity contribution in [3.05, 3.63) is 64.7 Å². The summed E-state index contributed by atoms with van der Waals surface area (Å²) in [5, 5.41) is 0. The maximum atomic E-state index is 15.0. The van der Waals surface area contributed by atoms with Gasteiger partial charge in [0.25, 0.3) is 0 Å². The van der Waals surface area contributed by atoms with Crippen molar-refractivity contribution in [2.24, 2.45) is 11.8 Å². The zero-order valence-electron chi connectivity index (χ0n) is 24.6. The molecule has 0 saturated heterocycles. The van der Waals surface area contributed by atoms with Crippen molar-refractivity contribution in [2.75, 3.05) is 0 Å². The number of aryl methyl sites for hydroxylation is 1. The third kappa shape index (κ3) is 9.15. The van der Waals surface area contributed by atoms with Crippen LogP contribution in [0.15, 0.2) is 36.4 Å². The van der Waals surface area contributed by atoms with Crippen LogP contribution in [0.25, 0.3) is 0 Å². The average molecular weight is 655 g/mol. The molecule has 13 heteroatoms. The maximum absolute atomic E-state index is 15.0. The van der Waals surface area contributed by atoms with Crippen LogP contribution in [0.4, 0.5) is 39.5 Å². The first-order chi connectivity index (χ1) is 21.1. The fourth-order valence-electron chi connectivity index (χ4n) is 5.84. The molecule has 45 heavy (non-hydrogen) atoms. The number of rotatable bonds is 11. The van der Waals surface area contributed by atoms with Gasteiger partial charge in [0, 0.05) is 6.07 Å². The SMILES string of the molecule is CCCCc1ccc(C(F)(F)OC2CCC(C(F)(F)OC3CCC(C(=O)Oc4ccc(C(F)(F)F)c(F)c4)CC3)CC2)c(F)c1. The first-order valence-corrected chi connectivity index (χ1v) is 15.1. The molecule has 0 heterocycles. The Labute approximate surface area is 255 Å². The monoisotopic (exact) mass is 654 g/mol. The van der Waals surface area contributed by atoms with Crippen LogP contribution < -0.4 is 4.74 Å². The minimum Gasteiger partial charge on any atom is -0.426 e. The molecule has 0 unspecified atom stereocenters. The first kappa shape index (κ1) is 35.1. The minimum atomic E-state index is -4.91. The smallest absolute Gasteiger partial charge is 0.419 e. The molecule has 0 spiro atoms. The van der Waals surface area contributed by atoms with Gasteiger partial charge in [-0.2, -0.15) is 30.7 Å². The van der Waals surface area contributed by atoms with Gasteiger partial charge in [-0.1, -0.05) is 19.4 Å². The van der Waals surface area contributed by atoms with E-state index in [2.05, 4.69) is 0 Å². The van der Waals surface area contributed by atoms with Crippen molar-refractivity contribution in [3.63, 3.8) is 0 Å². The molecule has 4 rings (SSSR count). The predicted octanol–water partition coefficient (Wildman–Crippen LogP) is 9.72. The second-order valence-electron chi connectivity index (χ2n) is 11.7. The molecule has 2 saturated carbocycles. The zero-order valence-corrected chi connectivity index (χ0v) is 24.6. The van der Waals surface area contributed by atoms with Crippen LogP contribution in [0.3, 0.4) is 0 Å². The van der Waals surface area contributed by atoms with Gasteiger partial charge < -0.3 is 14.2 Å². The van der Waals surface area contributed by atoms with Crippen molar-refractivity contribution in [1.82, 2.24) is 0 Å². The summed E-state index contributed by atoms with van der Waals surface area (Å²) in [6, 6.07) is 5.23. The number of halogens is 9. The number of alkyl halides is 7. The van der Waals surface area contributed by atoms with Gasteiger partial charge in [-0.05, 0) is 94.0 Å². The summed E-state index contributed by atoms with van der Waals surface area (Å²) in [7, 11) is 0. The van der Waals surface area contributed by atoms with Crippen LogP contribution in [0.5, 0.6) is 5.75 Å². The molecule has 2 aromatic carbocycles. The normalized spacial score (nSPS) is 23.2. The van der Waals surface area contributed by atoms with Crippen LogP contribution in [-0.2, 0) is 33.0 Å². The van der Waals surface area contributed by atoms with Gasteiger partial charge >= 0.3 is 24.4 Å². The Morgan fingerprint density at radius 1 is 0.756 bits per heavy atom. The fraction of sp³-hybridized carbons (Fsp3) is 0.594. The lowest BCUT2D eigenvalue weighted by Crippen LogP contribution is -2.41. The Morgan fingerprint density at radius 3 is 1.91 bits per heavy atom. The van der Waals surface area contributed by atoms with Gasteiger partial charge in [0.05, 0.1) is 35.2 Å². The van der Waals surface area contributed by atoms with Gasteiger partial charge in [-0.15, -0.1) is 0 Å². The predicted molar refractivity (Wildman–Crippen MR) is 145 cm³/mol. The van der Waals surface area contributed by atoms with E-state index in [1.165, 1.54) is 6.07 Å². The molecule has 4 nitrogen and oxygen atoms in total. The Morgan fingerprint density at radius 2 is 1.33 bits per heavy atom. The van der Waals surface area contributed by atoms with Crippen molar-refractivity contribution >= 4 is 5.97 Å². The topological polar surface area (TPSA) is 44.8 Å². The second-order valence-corrected chi connectivity index (χ2v) is 11.7. The van der Waals surface area contributed by atoms with Crippen LogP contribution in [0, 0.1) is 23.5 Å². The molecule has 2 aliphatic rings. The Hall–Kier alpha value is -2.80. The third-order valence-corrected chi connectivity index (χ3v) is 8.43. The average Bonchev–Trinajstić information content (AvgIpc) is 2.95. The highest BCUT2D eigenvalue weighted by atomic mass is 19.4. The van der Waals surface area contributed by atoms with Crippen molar-refractivity contribution in [1.29, 1.82) is 0 Å². The Bertz CT molecular complexity index is 1300. The number of hydrogen-bond donors (Lipinski definition) is 0. The van der Waals surface area contributed by atoms with Gasteiger partial charge in [-0.25, -0.2) is 8.78 Å². The molecule has 2 fully saturated rings. The molecular formula is C32H35F9O4. The van der Waals surface area contributed by atoms with E-state index in [0.29, 0.717) is 24.1 Å². The van der Waals surface area contributed by atoms with E-state index in [4.69, 9.17) is 14.2 Å². The summed E-state index contributed by atoms with van der Waals surface area (Å²) < 4.78 is 141. The molecule has 250 valence electrons. The summed E-state index contributed by atoms with van der Waals surface area (Å²) in [5.41, 5.74) is -1.80. The van der Waals surface area contributed by atoms with Gasteiger partial charge in [-0.3, -0.25) is 4.79 Å². The summed E-state index contributed by atoms with van der Waals surface area (Å²) in [6.07, 6.45) is -12.3. The molecule has 0 aliphatic heterocycles. The van der Waals surface area contributed by atoms with Gasteiger partial charge in [0.2, 0.25) is 0 Å². The van der Waals surface area contributed by atoms with Gasteiger partial charge in [0.15, 0.2) is 0 Å². The summed E-state index contributed by atoms with van der Waals surface area (Å²) in [4.78, 5) is 12.4. The molecule has 0 N–H and O–H groups in total. The Balaban J connectivity index is 1.22. The van der Waals surface area contributed by atoms with E-state index in [0.717, 1.165) is 31.0 Å². The number of esters is 1. The summed E-state index contributed by atoms with van der Waals surface area (Å²) in [5.74, 6) is -5.89. The fourth-order valence-corrected chi connectivity index (χ4v) is 5.84. The van der Waals surface area contributed by atoms with E-state index in [9.17, 15) is 35.5 Å². The summed E-state index contributed by atoms with van der Waals surface area (Å²) >= 11 is 0. The number of carbonyl (C=O) groups is 1. The maximum Gasteiger partial charge on any atom is 0.419 e.